The number of thiazole rings is 1. The molecule has 0 aliphatic heterocycles. The third kappa shape index (κ3) is 4.15. The van der Waals surface area contributed by atoms with Crippen LogP contribution in [0.25, 0.3) is 10.2 Å². The van der Waals surface area contributed by atoms with E-state index in [4.69, 9.17) is 0 Å². The summed E-state index contributed by atoms with van der Waals surface area (Å²) < 4.78 is 0.968. The van der Waals surface area contributed by atoms with E-state index in [1.165, 1.54) is 11.3 Å². The number of hydrogen-bond donors (Lipinski definition) is 0. The molecule has 3 nitrogen and oxygen atoms in total. The van der Waals surface area contributed by atoms with Crippen molar-refractivity contribution in [2.24, 2.45) is 0 Å². The molecule has 4 aromatic carbocycles. The van der Waals surface area contributed by atoms with Gasteiger partial charge in [-0.2, -0.15) is 0 Å². The summed E-state index contributed by atoms with van der Waals surface area (Å²) in [6.07, 6.45) is 0.847. The molecule has 32 heavy (non-hydrogen) atoms. The fourth-order valence-electron chi connectivity index (χ4n) is 3.49. The van der Waals surface area contributed by atoms with Crippen LogP contribution in [-0.4, -0.2) is 11.3 Å². The fraction of sp³-hybridized carbons (Fsp3) is 0. The van der Waals surface area contributed by atoms with Crippen LogP contribution in [0.5, 0.6) is 0 Å². The minimum Gasteiger partial charge on any atom is -0.311 e. The zero-order valence-electron chi connectivity index (χ0n) is 17.1. The van der Waals surface area contributed by atoms with Gasteiger partial charge in [0, 0.05) is 28.2 Å². The van der Waals surface area contributed by atoms with Gasteiger partial charge in [0.2, 0.25) is 0 Å². The number of para-hydroxylation sites is 2. The number of carbonyl (C=O) groups is 1. The first-order valence-electron chi connectivity index (χ1n) is 10.2. The van der Waals surface area contributed by atoms with Crippen molar-refractivity contribution in [1.82, 2.24) is 4.98 Å². The molecule has 152 valence electrons. The lowest BCUT2D eigenvalue weighted by Gasteiger charge is -2.25. The second-order valence-corrected chi connectivity index (χ2v) is 8.20. The Balaban J connectivity index is 1.44. The molecule has 0 bridgehead atoms. The molecule has 5 rings (SSSR count). The second kappa shape index (κ2) is 8.89. The van der Waals surface area contributed by atoms with E-state index in [0.717, 1.165) is 44.1 Å². The Hall–Kier alpha value is -4.20. The minimum atomic E-state index is 0.651. The zero-order valence-corrected chi connectivity index (χ0v) is 17.9. The molecule has 1 heterocycles. The molecule has 0 atom stereocenters. The lowest BCUT2D eigenvalue weighted by atomic mass is 10.1. The largest absolute Gasteiger partial charge is 0.311 e. The van der Waals surface area contributed by atoms with Crippen molar-refractivity contribution >= 4 is 44.9 Å². The second-order valence-electron chi connectivity index (χ2n) is 7.17. The lowest BCUT2D eigenvalue weighted by Crippen LogP contribution is -2.09. The van der Waals surface area contributed by atoms with E-state index < -0.39 is 0 Å². The van der Waals surface area contributed by atoms with Gasteiger partial charge >= 0.3 is 0 Å². The molecular weight excluding hydrogens is 412 g/mol. The van der Waals surface area contributed by atoms with Crippen molar-refractivity contribution in [3.63, 3.8) is 0 Å². The highest BCUT2D eigenvalue weighted by atomic mass is 32.1. The Labute approximate surface area is 190 Å². The molecule has 0 spiro atoms. The van der Waals surface area contributed by atoms with Crippen molar-refractivity contribution in [2.75, 3.05) is 4.90 Å². The van der Waals surface area contributed by atoms with Crippen molar-refractivity contribution < 1.29 is 4.79 Å². The SMILES string of the molecule is O=Cc1ccc2nc(C#Cc3ccc(N(c4ccccc4)c4ccccc4)cc3)sc2c1. The first-order chi connectivity index (χ1) is 15.8. The molecule has 0 amide bonds. The predicted molar refractivity (Wildman–Crippen MR) is 132 cm³/mol. The standard InChI is InChI=1S/C28H18N2OS/c31-20-22-13-17-26-27(19-22)32-28(29-26)18-14-21-11-15-25(16-12-21)30(23-7-3-1-4-8-23)24-9-5-2-6-10-24/h1-13,15-17,19-20H. The van der Waals surface area contributed by atoms with Crippen molar-refractivity contribution in [3.05, 3.63) is 119 Å². The number of rotatable bonds is 4. The maximum Gasteiger partial charge on any atom is 0.168 e. The predicted octanol–water partition coefficient (Wildman–Crippen LogP) is 6.98. The third-order valence-corrected chi connectivity index (χ3v) is 5.95. The highest BCUT2D eigenvalue weighted by molar-refractivity contribution is 7.19. The van der Waals surface area contributed by atoms with Gasteiger partial charge < -0.3 is 4.90 Å². The fourth-order valence-corrected chi connectivity index (χ4v) is 4.36. The van der Waals surface area contributed by atoms with Crippen LogP contribution < -0.4 is 4.90 Å². The van der Waals surface area contributed by atoms with E-state index >= 15 is 0 Å². The summed E-state index contributed by atoms with van der Waals surface area (Å²) in [4.78, 5) is 17.7. The van der Waals surface area contributed by atoms with E-state index in [2.05, 4.69) is 58.1 Å². The lowest BCUT2D eigenvalue weighted by molar-refractivity contribution is 0.112. The van der Waals surface area contributed by atoms with Crippen LogP contribution in [0.2, 0.25) is 0 Å². The Morgan fingerprint density at radius 1 is 0.719 bits per heavy atom. The van der Waals surface area contributed by atoms with E-state index in [1.807, 2.05) is 60.7 Å². The van der Waals surface area contributed by atoms with Gasteiger partial charge in [-0.1, -0.05) is 42.3 Å². The normalized spacial score (nSPS) is 10.4. The molecule has 0 aliphatic carbocycles. The number of anilines is 3. The Bertz CT molecular complexity index is 1390. The number of nitrogens with zero attached hydrogens (tertiary/aromatic N) is 2. The monoisotopic (exact) mass is 430 g/mol. The highest BCUT2D eigenvalue weighted by Gasteiger charge is 2.11. The number of aldehydes is 1. The number of aromatic nitrogens is 1. The van der Waals surface area contributed by atoms with Gasteiger partial charge in [0.25, 0.3) is 0 Å². The smallest absolute Gasteiger partial charge is 0.168 e. The quantitative estimate of drug-likeness (QED) is 0.228. The summed E-state index contributed by atoms with van der Waals surface area (Å²) in [5.41, 5.74) is 5.69. The molecule has 0 saturated carbocycles. The molecule has 1 aromatic heterocycles. The molecule has 4 heteroatoms. The van der Waals surface area contributed by atoms with Gasteiger partial charge in [-0.05, 0) is 72.7 Å². The van der Waals surface area contributed by atoms with E-state index in [1.54, 1.807) is 6.07 Å². The van der Waals surface area contributed by atoms with Gasteiger partial charge in [0.15, 0.2) is 5.01 Å². The topological polar surface area (TPSA) is 33.2 Å². The molecule has 0 fully saturated rings. The van der Waals surface area contributed by atoms with E-state index in [0.29, 0.717) is 5.56 Å². The van der Waals surface area contributed by atoms with Gasteiger partial charge in [-0.15, -0.1) is 11.3 Å². The van der Waals surface area contributed by atoms with Crippen molar-refractivity contribution in [2.45, 2.75) is 0 Å². The van der Waals surface area contributed by atoms with E-state index in [-0.39, 0.29) is 0 Å². The first-order valence-corrected chi connectivity index (χ1v) is 11.0. The molecule has 0 aliphatic rings. The van der Waals surface area contributed by atoms with Crippen LogP contribution >= 0.6 is 11.3 Å². The average molecular weight is 431 g/mol. The Morgan fingerprint density at radius 2 is 1.34 bits per heavy atom. The van der Waals surface area contributed by atoms with Gasteiger partial charge in [0.05, 0.1) is 10.2 Å². The third-order valence-electron chi connectivity index (χ3n) is 5.02. The number of hydrogen-bond acceptors (Lipinski definition) is 4. The molecule has 0 saturated heterocycles. The number of fused-ring (bicyclic) bond motifs is 1. The Morgan fingerprint density at radius 3 is 1.97 bits per heavy atom. The molecule has 0 unspecified atom stereocenters. The number of benzene rings is 4. The van der Waals surface area contributed by atoms with Crippen LogP contribution in [0.4, 0.5) is 17.1 Å². The molecular formula is C28H18N2OS. The summed E-state index contributed by atoms with van der Waals surface area (Å²) in [5, 5.41) is 0.738. The molecule has 0 N–H and O–H groups in total. The van der Waals surface area contributed by atoms with Crippen LogP contribution in [0.15, 0.2) is 103 Å². The van der Waals surface area contributed by atoms with Gasteiger partial charge in [-0.3, -0.25) is 4.79 Å². The van der Waals surface area contributed by atoms with E-state index in [9.17, 15) is 4.79 Å². The molecule has 5 aromatic rings. The number of carbonyl (C=O) groups excluding carboxylic acids is 1. The maximum atomic E-state index is 11.0. The van der Waals surface area contributed by atoms with Gasteiger partial charge in [-0.25, -0.2) is 4.98 Å². The maximum absolute atomic E-state index is 11.0. The summed E-state index contributed by atoms with van der Waals surface area (Å²) in [7, 11) is 0. The van der Waals surface area contributed by atoms with Crippen molar-refractivity contribution in [1.29, 1.82) is 0 Å². The summed E-state index contributed by atoms with van der Waals surface area (Å²) in [5.74, 6) is 6.36. The summed E-state index contributed by atoms with van der Waals surface area (Å²) in [6.45, 7) is 0. The molecule has 0 radical (unpaired) electrons. The zero-order chi connectivity index (χ0) is 21.8. The minimum absolute atomic E-state index is 0.651. The Kier molecular flexibility index (Phi) is 5.48. The summed E-state index contributed by atoms with van der Waals surface area (Å²) >= 11 is 1.50. The van der Waals surface area contributed by atoms with Crippen LogP contribution in [0.1, 0.15) is 20.9 Å². The van der Waals surface area contributed by atoms with Crippen LogP contribution in [-0.2, 0) is 0 Å². The van der Waals surface area contributed by atoms with Crippen LogP contribution in [0.3, 0.4) is 0 Å². The van der Waals surface area contributed by atoms with Crippen LogP contribution in [0, 0.1) is 11.8 Å². The van der Waals surface area contributed by atoms with Crippen molar-refractivity contribution in [3.8, 4) is 11.8 Å². The summed E-state index contributed by atoms with van der Waals surface area (Å²) in [6, 6.07) is 34.3. The van der Waals surface area contributed by atoms with Gasteiger partial charge in [0.1, 0.15) is 6.29 Å². The first kappa shape index (κ1) is 19.7. The highest BCUT2D eigenvalue weighted by Crippen LogP contribution is 2.34. The average Bonchev–Trinajstić information content (AvgIpc) is 3.27.